The van der Waals surface area contributed by atoms with Crippen molar-refractivity contribution in [2.24, 2.45) is 0 Å². The minimum atomic E-state index is -2.07. The van der Waals surface area contributed by atoms with Crippen LogP contribution in [0.3, 0.4) is 0 Å². The molecule has 0 amide bonds. The molecule has 94 valence electrons. The van der Waals surface area contributed by atoms with Crippen molar-refractivity contribution >= 4 is 57.1 Å². The Bertz CT molecular complexity index is 279. The molecular weight excluding hydrogens is 381 g/mol. The van der Waals surface area contributed by atoms with Crippen LogP contribution >= 0.6 is 37.4 Å². The second-order valence-corrected chi connectivity index (χ2v) is 17.0. The molecule has 0 radical (unpaired) electrons. The third-order valence-electron chi connectivity index (χ3n) is 2.40. The summed E-state index contributed by atoms with van der Waals surface area (Å²) in [4.78, 5) is 0. The zero-order valence-corrected chi connectivity index (χ0v) is 14.1. The SMILES string of the molecule is B[C@@H]1O[C@H](COC)C(OP(=S)(S)I)C1OC. The lowest BCUT2D eigenvalue weighted by atomic mass is 9.93. The molecule has 9 heteroatoms. The molecule has 3 unspecified atom stereocenters. The van der Waals surface area contributed by atoms with E-state index < -0.39 is 3.11 Å². The zero-order valence-electron chi connectivity index (χ0n) is 9.33. The fraction of sp³-hybridized carbons (Fsp3) is 1.00. The van der Waals surface area contributed by atoms with Gasteiger partial charge in [0, 0.05) is 36.3 Å². The molecule has 0 N–H and O–H groups in total. The molecule has 0 aliphatic carbocycles. The van der Waals surface area contributed by atoms with Gasteiger partial charge in [-0.2, -0.15) is 0 Å². The van der Waals surface area contributed by atoms with Crippen LogP contribution in [-0.4, -0.2) is 53.0 Å². The van der Waals surface area contributed by atoms with E-state index in [1.807, 2.05) is 7.85 Å². The number of ether oxygens (including phenoxy) is 3. The molecule has 5 atom stereocenters. The molecule has 0 bridgehead atoms. The van der Waals surface area contributed by atoms with Crippen molar-refractivity contribution in [1.29, 1.82) is 0 Å². The van der Waals surface area contributed by atoms with Gasteiger partial charge in [0.25, 0.3) is 0 Å². The fourth-order valence-corrected chi connectivity index (χ4v) is 3.78. The number of rotatable bonds is 5. The van der Waals surface area contributed by atoms with E-state index in [4.69, 9.17) is 30.5 Å². The van der Waals surface area contributed by atoms with E-state index in [0.717, 1.165) is 0 Å². The van der Waals surface area contributed by atoms with E-state index in [2.05, 4.69) is 34.3 Å². The summed E-state index contributed by atoms with van der Waals surface area (Å²) in [6, 6.07) is -0.0265. The Kier molecular flexibility index (Phi) is 6.57. The average molecular weight is 396 g/mol. The van der Waals surface area contributed by atoms with Gasteiger partial charge in [0.1, 0.15) is 26.2 Å². The second-order valence-electron chi connectivity index (χ2n) is 3.56. The smallest absolute Gasteiger partial charge is 0.175 e. The van der Waals surface area contributed by atoms with Crippen molar-refractivity contribution in [3.63, 3.8) is 0 Å². The van der Waals surface area contributed by atoms with Crippen LogP contribution in [0.4, 0.5) is 0 Å². The summed E-state index contributed by atoms with van der Waals surface area (Å²) in [6.07, 6.45) is -0.473. The molecular formula is C7H15BIO4PS2. The Balaban J connectivity index is 2.75. The predicted molar refractivity (Wildman–Crippen MR) is 82.0 cm³/mol. The molecule has 1 heterocycles. The van der Waals surface area contributed by atoms with Crippen LogP contribution in [0.2, 0.25) is 0 Å². The number of halogens is 1. The molecule has 1 rings (SSSR count). The Morgan fingerprint density at radius 3 is 2.56 bits per heavy atom. The minimum absolute atomic E-state index is 0.0265. The lowest BCUT2D eigenvalue weighted by Crippen LogP contribution is -2.37. The van der Waals surface area contributed by atoms with Gasteiger partial charge in [0.05, 0.1) is 12.6 Å². The van der Waals surface area contributed by atoms with Crippen LogP contribution < -0.4 is 0 Å². The largest absolute Gasteiger partial charge is 0.382 e. The summed E-state index contributed by atoms with van der Waals surface area (Å²) in [5.74, 6) is 0. The summed E-state index contributed by atoms with van der Waals surface area (Å²) in [5, 5.41) is 0. The average Bonchev–Trinajstić information content (AvgIpc) is 2.41. The van der Waals surface area contributed by atoms with E-state index in [9.17, 15) is 0 Å². The predicted octanol–water partition coefficient (Wildman–Crippen LogP) is 0.980. The van der Waals surface area contributed by atoms with Gasteiger partial charge in [-0.15, -0.1) is 12.2 Å². The van der Waals surface area contributed by atoms with Crippen LogP contribution in [0.25, 0.3) is 0 Å². The molecule has 0 aromatic carbocycles. The first-order chi connectivity index (χ1) is 7.39. The van der Waals surface area contributed by atoms with Crippen molar-refractivity contribution in [1.82, 2.24) is 0 Å². The number of hydrogen-bond donors (Lipinski definition) is 1. The summed E-state index contributed by atoms with van der Waals surface area (Å²) in [5.41, 5.74) is 0. The minimum Gasteiger partial charge on any atom is -0.382 e. The molecule has 1 aliphatic heterocycles. The molecule has 1 aliphatic rings. The van der Waals surface area contributed by atoms with E-state index in [0.29, 0.717) is 6.61 Å². The highest BCUT2D eigenvalue weighted by Crippen LogP contribution is 2.62. The van der Waals surface area contributed by atoms with Crippen molar-refractivity contribution in [3.05, 3.63) is 0 Å². The van der Waals surface area contributed by atoms with Crippen LogP contribution in [0.5, 0.6) is 0 Å². The summed E-state index contributed by atoms with van der Waals surface area (Å²) >= 11 is 11.5. The van der Waals surface area contributed by atoms with Gasteiger partial charge in [-0.05, 0) is 11.8 Å². The van der Waals surface area contributed by atoms with Crippen LogP contribution in [0, 0.1) is 0 Å². The summed E-state index contributed by atoms with van der Waals surface area (Å²) in [6.45, 7) is 0.467. The summed E-state index contributed by atoms with van der Waals surface area (Å²) in [7, 11) is 5.23. The first-order valence-electron chi connectivity index (χ1n) is 4.77. The molecule has 0 saturated carbocycles. The van der Waals surface area contributed by atoms with Gasteiger partial charge in [-0.25, -0.2) is 0 Å². The highest BCUT2D eigenvalue weighted by atomic mass is 127. The lowest BCUT2D eigenvalue weighted by molar-refractivity contribution is -0.00843. The molecule has 1 fully saturated rings. The molecule has 1 saturated heterocycles. The van der Waals surface area contributed by atoms with Crippen LogP contribution in [0.1, 0.15) is 0 Å². The molecule has 16 heavy (non-hydrogen) atoms. The first kappa shape index (κ1) is 15.7. The zero-order chi connectivity index (χ0) is 12.3. The number of methoxy groups -OCH3 is 2. The number of hydrogen-bond acceptors (Lipinski definition) is 5. The van der Waals surface area contributed by atoms with Gasteiger partial charge in [-0.3, -0.25) is 0 Å². The van der Waals surface area contributed by atoms with E-state index in [1.54, 1.807) is 14.2 Å². The summed E-state index contributed by atoms with van der Waals surface area (Å²) < 4.78 is 19.9. The maximum atomic E-state index is 5.78. The molecule has 0 aromatic heterocycles. The Labute approximate surface area is 120 Å². The van der Waals surface area contributed by atoms with Crippen LogP contribution in [-0.2, 0) is 30.5 Å². The Hall–Kier alpha value is 1.63. The normalized spacial score (nSPS) is 38.5. The standard InChI is InChI=1S/C7H15BIO4PS2/c1-10-3-4-5(13-14(9,15)16)6(11-2)7(8)12-4/h4-7H,3,8H2,1-2H3,(H,15,16)/t4-,5?,6?,7-/m1/s1. The maximum Gasteiger partial charge on any atom is 0.175 e. The first-order valence-corrected chi connectivity index (χ1v) is 11.4. The molecule has 0 aromatic rings. The highest BCUT2D eigenvalue weighted by molar-refractivity contribution is 14.2. The van der Waals surface area contributed by atoms with E-state index >= 15 is 0 Å². The van der Waals surface area contributed by atoms with Crippen molar-refractivity contribution in [2.75, 3.05) is 20.8 Å². The lowest BCUT2D eigenvalue weighted by Gasteiger charge is -2.24. The van der Waals surface area contributed by atoms with Crippen LogP contribution in [0.15, 0.2) is 0 Å². The third kappa shape index (κ3) is 4.38. The number of thiol groups is 1. The highest BCUT2D eigenvalue weighted by Gasteiger charge is 2.44. The Morgan fingerprint density at radius 2 is 2.12 bits per heavy atom. The Morgan fingerprint density at radius 1 is 1.50 bits per heavy atom. The molecule has 0 spiro atoms. The van der Waals surface area contributed by atoms with Gasteiger partial charge >= 0.3 is 0 Å². The van der Waals surface area contributed by atoms with Crippen molar-refractivity contribution in [3.8, 4) is 0 Å². The topological polar surface area (TPSA) is 36.9 Å². The van der Waals surface area contributed by atoms with Gasteiger partial charge in [0.15, 0.2) is 3.11 Å². The van der Waals surface area contributed by atoms with Gasteiger partial charge in [0.2, 0.25) is 0 Å². The maximum absolute atomic E-state index is 5.78. The quantitative estimate of drug-likeness (QED) is 0.325. The molecule has 4 nitrogen and oxygen atoms in total. The third-order valence-corrected chi connectivity index (χ3v) is 4.12. The van der Waals surface area contributed by atoms with Gasteiger partial charge < -0.3 is 18.7 Å². The van der Waals surface area contributed by atoms with E-state index in [1.165, 1.54) is 0 Å². The van der Waals surface area contributed by atoms with Crippen molar-refractivity contribution in [2.45, 2.75) is 24.3 Å². The van der Waals surface area contributed by atoms with E-state index in [-0.39, 0.29) is 24.3 Å². The van der Waals surface area contributed by atoms with Gasteiger partial charge in [-0.1, -0.05) is 0 Å². The second kappa shape index (κ2) is 6.70. The monoisotopic (exact) mass is 396 g/mol. The van der Waals surface area contributed by atoms with Crippen molar-refractivity contribution < 1.29 is 18.7 Å². The fourth-order valence-electron chi connectivity index (χ4n) is 1.81.